The third-order valence-corrected chi connectivity index (χ3v) is 7.01. The summed E-state index contributed by atoms with van der Waals surface area (Å²) in [5.74, 6) is 0. The van der Waals surface area contributed by atoms with Gasteiger partial charge in [-0.3, -0.25) is 0 Å². The molecule has 0 bridgehead atoms. The maximum atomic E-state index is 6.31. The molecule has 0 aliphatic heterocycles. The Kier molecular flexibility index (Phi) is 6.80. The van der Waals surface area contributed by atoms with Gasteiger partial charge in [0.2, 0.25) is 0 Å². The summed E-state index contributed by atoms with van der Waals surface area (Å²) in [6.07, 6.45) is 0. The van der Waals surface area contributed by atoms with Gasteiger partial charge in [0.25, 0.3) is 0 Å². The molecule has 0 atom stereocenters. The second kappa shape index (κ2) is 7.51. The molecule has 24 heavy (non-hydrogen) atoms. The zero-order valence-corrected chi connectivity index (χ0v) is 19.8. The molecule has 0 heterocycles. The van der Waals surface area contributed by atoms with Crippen molar-refractivity contribution < 1.29 is 3.76 Å². The predicted molar refractivity (Wildman–Crippen MR) is 107 cm³/mol. The van der Waals surface area contributed by atoms with Crippen LogP contribution in [-0.2, 0) is 21.1 Å². The molecule has 136 valence electrons. The molecule has 0 saturated carbocycles. The van der Waals surface area contributed by atoms with Gasteiger partial charge in [-0.2, -0.15) is 0 Å². The Labute approximate surface area is 157 Å². The monoisotopic (exact) mass is 393 g/mol. The van der Waals surface area contributed by atoms with Crippen molar-refractivity contribution in [3.05, 3.63) is 28.8 Å². The van der Waals surface area contributed by atoms with Gasteiger partial charge in [-0.15, -0.1) is 0 Å². The molecule has 0 unspecified atom stereocenters. The van der Waals surface area contributed by atoms with E-state index < -0.39 is 15.8 Å². The topological polar surface area (TPSA) is 12.5 Å². The van der Waals surface area contributed by atoms with Crippen LogP contribution in [-0.4, -0.2) is 40.4 Å². The van der Waals surface area contributed by atoms with E-state index in [1.807, 2.05) is 0 Å². The van der Waals surface area contributed by atoms with Crippen LogP contribution in [0.15, 0.2) is 12.1 Å². The summed E-state index contributed by atoms with van der Waals surface area (Å²) < 4.78 is 7.79. The predicted octanol–water partition coefficient (Wildman–Crippen LogP) is 4.40. The first-order chi connectivity index (χ1) is 10.6. The van der Waals surface area contributed by atoms with E-state index in [9.17, 15) is 0 Å². The number of hydrogen-bond acceptors (Lipinski definition) is 2. The van der Waals surface area contributed by atoms with Crippen LogP contribution < -0.4 is 4.40 Å². The summed E-state index contributed by atoms with van der Waals surface area (Å²) in [4.78, 5) is 2.26. The summed E-state index contributed by atoms with van der Waals surface area (Å²) in [5, 5.41) is 0. The second-order valence-corrected chi connectivity index (χ2v) is 12.0. The summed E-state index contributed by atoms with van der Waals surface area (Å²) in [6, 6.07) is 4.85. The SMILES string of the molecule is CN(C)Cc1cc(C(C)(C)C)cc(C(C)(C)C)[c]1[Ge][O]C(C)(C)C. The molecule has 2 radical (unpaired) electrons. The molecule has 0 aliphatic carbocycles. The summed E-state index contributed by atoms with van der Waals surface area (Å²) in [5.41, 5.74) is 4.55. The van der Waals surface area contributed by atoms with Crippen LogP contribution in [0.2, 0.25) is 0 Å². The zero-order chi connectivity index (χ0) is 18.9. The normalized spacial score (nSPS) is 13.7. The number of nitrogens with zero attached hydrogens (tertiary/aromatic N) is 1. The molecule has 0 amide bonds. The molecule has 2 nitrogen and oxygen atoms in total. The number of hydrogen-bond donors (Lipinski definition) is 0. The van der Waals surface area contributed by atoms with Gasteiger partial charge >= 0.3 is 157 Å². The van der Waals surface area contributed by atoms with Crippen LogP contribution in [0, 0.1) is 0 Å². The van der Waals surface area contributed by atoms with Gasteiger partial charge in [-0.05, 0) is 0 Å². The maximum absolute atomic E-state index is 6.31. The average molecular weight is 392 g/mol. The van der Waals surface area contributed by atoms with E-state index in [0.29, 0.717) is 0 Å². The molecule has 0 aliphatic rings. The van der Waals surface area contributed by atoms with Crippen molar-refractivity contribution in [3.63, 3.8) is 0 Å². The molecule has 0 fully saturated rings. The van der Waals surface area contributed by atoms with Gasteiger partial charge in [-0.1, -0.05) is 0 Å². The summed E-state index contributed by atoms with van der Waals surface area (Å²) in [7, 11) is 4.30. The van der Waals surface area contributed by atoms with Crippen molar-refractivity contribution in [1.29, 1.82) is 0 Å². The van der Waals surface area contributed by atoms with E-state index in [1.54, 1.807) is 0 Å². The third-order valence-electron chi connectivity index (χ3n) is 3.84. The van der Waals surface area contributed by atoms with Gasteiger partial charge in [0, 0.05) is 0 Å². The Morgan fingerprint density at radius 2 is 1.42 bits per heavy atom. The van der Waals surface area contributed by atoms with Crippen molar-refractivity contribution in [2.45, 2.75) is 85.3 Å². The van der Waals surface area contributed by atoms with E-state index in [0.717, 1.165) is 6.54 Å². The van der Waals surface area contributed by atoms with Gasteiger partial charge in [-0.25, -0.2) is 0 Å². The van der Waals surface area contributed by atoms with Crippen LogP contribution in [0.4, 0.5) is 0 Å². The molecule has 1 rings (SSSR count). The Balaban J connectivity index is 3.54. The van der Waals surface area contributed by atoms with Gasteiger partial charge in [0.1, 0.15) is 0 Å². The average Bonchev–Trinajstić information content (AvgIpc) is 2.32. The molecule has 0 spiro atoms. The van der Waals surface area contributed by atoms with Gasteiger partial charge < -0.3 is 0 Å². The van der Waals surface area contributed by atoms with Crippen LogP contribution >= 0.6 is 0 Å². The second-order valence-electron chi connectivity index (χ2n) is 10.1. The molecule has 0 N–H and O–H groups in total. The molecule has 0 saturated heterocycles. The van der Waals surface area contributed by atoms with Gasteiger partial charge in [0.15, 0.2) is 0 Å². The van der Waals surface area contributed by atoms with Gasteiger partial charge in [0.05, 0.1) is 0 Å². The number of benzene rings is 1. The standard InChI is InChI=1S/C21H37GeNO/c1-19(2,3)16-12-15(14-23(10)11)18(22-24-21(7,8)9)17(13-16)20(4,5)6/h12-13H,14H2,1-11H3. The fraction of sp³-hybridized carbons (Fsp3) is 0.714. The zero-order valence-electron chi connectivity index (χ0n) is 17.7. The Hall–Kier alpha value is -0.317. The molecular formula is C21H37GeNO. The molecule has 1 aromatic rings. The molecular weight excluding hydrogens is 355 g/mol. The Bertz CT molecular complexity index is 557. The summed E-state index contributed by atoms with van der Waals surface area (Å²) in [6.45, 7) is 21.3. The Morgan fingerprint density at radius 3 is 1.79 bits per heavy atom. The van der Waals surface area contributed by atoms with Crippen molar-refractivity contribution in [2.24, 2.45) is 0 Å². The Morgan fingerprint density at radius 1 is 0.875 bits per heavy atom. The number of rotatable bonds is 4. The van der Waals surface area contributed by atoms with Crippen molar-refractivity contribution in [3.8, 4) is 0 Å². The van der Waals surface area contributed by atoms with Crippen LogP contribution in [0.3, 0.4) is 0 Å². The molecule has 0 aromatic heterocycles. The first-order valence-corrected chi connectivity index (χ1v) is 10.8. The minimum atomic E-state index is -0.637. The van der Waals surface area contributed by atoms with E-state index in [1.165, 1.54) is 21.1 Å². The molecule has 3 heteroatoms. The minimum absolute atomic E-state index is 0.0762. The van der Waals surface area contributed by atoms with Crippen molar-refractivity contribution >= 4 is 20.2 Å². The van der Waals surface area contributed by atoms with Crippen molar-refractivity contribution in [1.82, 2.24) is 4.90 Å². The fourth-order valence-electron chi connectivity index (χ4n) is 2.52. The first kappa shape index (κ1) is 21.7. The fourth-order valence-corrected chi connectivity index (χ4v) is 5.13. The van der Waals surface area contributed by atoms with E-state index in [-0.39, 0.29) is 16.4 Å². The first-order valence-electron chi connectivity index (χ1n) is 8.88. The van der Waals surface area contributed by atoms with Crippen LogP contribution in [0.1, 0.15) is 79.0 Å². The van der Waals surface area contributed by atoms with E-state index in [2.05, 4.69) is 93.4 Å². The summed E-state index contributed by atoms with van der Waals surface area (Å²) >= 11 is -0.637. The van der Waals surface area contributed by atoms with E-state index in [4.69, 9.17) is 3.76 Å². The third kappa shape index (κ3) is 6.53. The van der Waals surface area contributed by atoms with Crippen molar-refractivity contribution in [2.75, 3.05) is 14.1 Å². The quantitative estimate of drug-likeness (QED) is 0.705. The molecule has 1 aromatic carbocycles. The van der Waals surface area contributed by atoms with E-state index >= 15 is 0 Å². The van der Waals surface area contributed by atoms with Crippen LogP contribution in [0.5, 0.6) is 0 Å². The van der Waals surface area contributed by atoms with Crippen LogP contribution in [0.25, 0.3) is 0 Å².